The van der Waals surface area contributed by atoms with Gasteiger partial charge in [0.1, 0.15) is 0 Å². The maximum absolute atomic E-state index is 5.76. The lowest BCUT2D eigenvalue weighted by Gasteiger charge is -2.37. The zero-order valence-electron chi connectivity index (χ0n) is 18.6. The molecular formula is C22H39N5OS. The SMILES string of the molecule is CCNC(=NCC(c1cccs1)N1CCOC(C)C1)NC1CCN(C(C)C)CC1. The van der Waals surface area contributed by atoms with Crippen molar-refractivity contribution in [3.05, 3.63) is 22.4 Å². The first-order chi connectivity index (χ1) is 14.1. The topological polar surface area (TPSA) is 52.1 Å². The predicted molar refractivity (Wildman–Crippen MR) is 123 cm³/mol. The van der Waals surface area contributed by atoms with Gasteiger partial charge in [0.15, 0.2) is 5.96 Å². The summed E-state index contributed by atoms with van der Waals surface area (Å²) in [5, 5.41) is 9.33. The monoisotopic (exact) mass is 421 g/mol. The van der Waals surface area contributed by atoms with Gasteiger partial charge >= 0.3 is 0 Å². The van der Waals surface area contributed by atoms with Gasteiger partial charge in [0.2, 0.25) is 0 Å². The summed E-state index contributed by atoms with van der Waals surface area (Å²) in [7, 11) is 0. The fraction of sp³-hybridized carbons (Fsp3) is 0.773. The molecule has 2 unspecified atom stereocenters. The fourth-order valence-corrected chi connectivity index (χ4v) is 5.10. The van der Waals surface area contributed by atoms with Crippen LogP contribution in [0.15, 0.2) is 22.5 Å². The Morgan fingerprint density at radius 2 is 2.07 bits per heavy atom. The zero-order chi connectivity index (χ0) is 20.6. The summed E-state index contributed by atoms with van der Waals surface area (Å²) in [5.41, 5.74) is 0. The van der Waals surface area contributed by atoms with Gasteiger partial charge < -0.3 is 20.3 Å². The van der Waals surface area contributed by atoms with Crippen LogP contribution in [0.2, 0.25) is 0 Å². The van der Waals surface area contributed by atoms with E-state index in [0.717, 1.165) is 51.8 Å². The van der Waals surface area contributed by atoms with Gasteiger partial charge in [-0.2, -0.15) is 0 Å². The van der Waals surface area contributed by atoms with E-state index >= 15 is 0 Å². The molecule has 3 heterocycles. The number of nitrogens with one attached hydrogen (secondary N) is 2. The van der Waals surface area contributed by atoms with Gasteiger partial charge in [-0.25, -0.2) is 0 Å². The average molecular weight is 422 g/mol. The first kappa shape index (κ1) is 22.5. The van der Waals surface area contributed by atoms with Crippen molar-refractivity contribution in [3.63, 3.8) is 0 Å². The second kappa shape index (κ2) is 11.3. The summed E-state index contributed by atoms with van der Waals surface area (Å²) in [6, 6.07) is 5.85. The van der Waals surface area contributed by atoms with Crippen LogP contribution in [-0.4, -0.2) is 79.8 Å². The Balaban J connectivity index is 1.63. The molecule has 164 valence electrons. The van der Waals surface area contributed by atoms with Crippen molar-refractivity contribution in [2.24, 2.45) is 4.99 Å². The first-order valence-corrected chi connectivity index (χ1v) is 12.1. The van der Waals surface area contributed by atoms with Gasteiger partial charge in [-0.05, 0) is 52.0 Å². The highest BCUT2D eigenvalue weighted by Crippen LogP contribution is 2.27. The lowest BCUT2D eigenvalue weighted by molar-refractivity contribution is -0.0327. The van der Waals surface area contributed by atoms with Gasteiger partial charge in [0, 0.05) is 49.7 Å². The molecule has 3 rings (SSSR count). The molecular weight excluding hydrogens is 382 g/mol. The van der Waals surface area contributed by atoms with Crippen molar-refractivity contribution < 1.29 is 4.74 Å². The van der Waals surface area contributed by atoms with E-state index in [0.29, 0.717) is 18.1 Å². The van der Waals surface area contributed by atoms with Crippen molar-refractivity contribution in [1.29, 1.82) is 0 Å². The first-order valence-electron chi connectivity index (χ1n) is 11.2. The number of rotatable bonds is 7. The molecule has 0 amide bonds. The van der Waals surface area contributed by atoms with Gasteiger partial charge in [-0.15, -0.1) is 11.3 Å². The summed E-state index contributed by atoms with van der Waals surface area (Å²) in [6.07, 6.45) is 2.64. The number of likely N-dealkylation sites (tertiary alicyclic amines) is 1. The molecule has 2 saturated heterocycles. The Morgan fingerprint density at radius 3 is 2.69 bits per heavy atom. The Hall–Kier alpha value is -1.15. The maximum Gasteiger partial charge on any atom is 0.191 e. The molecule has 7 heteroatoms. The summed E-state index contributed by atoms with van der Waals surface area (Å²) < 4.78 is 5.76. The number of thiophene rings is 1. The molecule has 0 aliphatic carbocycles. The smallest absolute Gasteiger partial charge is 0.191 e. The average Bonchev–Trinajstić information content (AvgIpc) is 3.23. The Bertz CT molecular complexity index is 613. The highest BCUT2D eigenvalue weighted by molar-refractivity contribution is 7.10. The molecule has 2 atom stereocenters. The number of aliphatic imine (C=N–C) groups is 1. The normalized spacial score (nSPS) is 24.0. The number of ether oxygens (including phenoxy) is 1. The summed E-state index contributed by atoms with van der Waals surface area (Å²) in [4.78, 5) is 11.5. The number of hydrogen-bond acceptors (Lipinski definition) is 5. The summed E-state index contributed by atoms with van der Waals surface area (Å²) >= 11 is 1.83. The van der Waals surface area contributed by atoms with Crippen LogP contribution in [0.1, 0.15) is 51.5 Å². The van der Waals surface area contributed by atoms with E-state index in [9.17, 15) is 0 Å². The largest absolute Gasteiger partial charge is 0.376 e. The van der Waals surface area contributed by atoms with Gasteiger partial charge in [-0.1, -0.05) is 6.07 Å². The molecule has 1 aromatic rings. The maximum atomic E-state index is 5.76. The molecule has 2 aliphatic rings. The molecule has 0 aromatic carbocycles. The minimum Gasteiger partial charge on any atom is -0.376 e. The standard InChI is InChI=1S/C22H39N5OS/c1-5-23-22(25-19-8-10-26(11-9-19)17(2)3)24-15-20(21-7-6-14-29-21)27-12-13-28-18(4)16-27/h6-7,14,17-20H,5,8-13,15-16H2,1-4H3,(H2,23,24,25). The van der Waals surface area contributed by atoms with Gasteiger partial charge in [0.05, 0.1) is 25.3 Å². The number of piperidine rings is 1. The quantitative estimate of drug-likeness (QED) is 0.524. The lowest BCUT2D eigenvalue weighted by Crippen LogP contribution is -2.50. The minimum atomic E-state index is 0.285. The molecule has 1 aromatic heterocycles. The molecule has 2 aliphatic heterocycles. The highest BCUT2D eigenvalue weighted by atomic mass is 32.1. The summed E-state index contributed by atoms with van der Waals surface area (Å²) in [5.74, 6) is 0.957. The van der Waals surface area contributed by atoms with Crippen LogP contribution < -0.4 is 10.6 Å². The van der Waals surface area contributed by atoms with Crippen molar-refractivity contribution in [2.45, 2.75) is 64.8 Å². The molecule has 6 nitrogen and oxygen atoms in total. The number of morpholine rings is 1. The molecule has 0 saturated carbocycles. The molecule has 0 radical (unpaired) electrons. The van der Waals surface area contributed by atoms with Crippen LogP contribution in [0.5, 0.6) is 0 Å². The highest BCUT2D eigenvalue weighted by Gasteiger charge is 2.27. The van der Waals surface area contributed by atoms with Crippen molar-refractivity contribution in [2.75, 3.05) is 45.9 Å². The predicted octanol–water partition coefficient (Wildman–Crippen LogP) is 2.94. The van der Waals surface area contributed by atoms with E-state index in [1.807, 2.05) is 11.3 Å². The third-order valence-corrected chi connectivity index (χ3v) is 6.93. The van der Waals surface area contributed by atoms with Gasteiger partial charge in [-0.3, -0.25) is 9.89 Å². The van der Waals surface area contributed by atoms with Crippen LogP contribution in [0.3, 0.4) is 0 Å². The van der Waals surface area contributed by atoms with Crippen molar-refractivity contribution in [3.8, 4) is 0 Å². The van der Waals surface area contributed by atoms with E-state index in [1.54, 1.807) is 0 Å². The minimum absolute atomic E-state index is 0.285. The number of hydrogen-bond donors (Lipinski definition) is 2. The Morgan fingerprint density at radius 1 is 1.28 bits per heavy atom. The van der Waals surface area contributed by atoms with Crippen LogP contribution in [-0.2, 0) is 4.74 Å². The van der Waals surface area contributed by atoms with E-state index in [1.165, 1.54) is 17.7 Å². The number of guanidine groups is 1. The molecule has 2 N–H and O–H groups in total. The number of nitrogens with zero attached hydrogens (tertiary/aromatic N) is 3. The lowest BCUT2D eigenvalue weighted by atomic mass is 10.0. The fourth-order valence-electron chi connectivity index (χ4n) is 4.25. The molecule has 2 fully saturated rings. The Labute approximate surface area is 180 Å². The third kappa shape index (κ3) is 6.67. The van der Waals surface area contributed by atoms with Gasteiger partial charge in [0.25, 0.3) is 0 Å². The van der Waals surface area contributed by atoms with Crippen LogP contribution in [0, 0.1) is 0 Å². The van der Waals surface area contributed by atoms with E-state index in [2.05, 4.69) is 65.6 Å². The zero-order valence-corrected chi connectivity index (χ0v) is 19.4. The van der Waals surface area contributed by atoms with E-state index in [4.69, 9.17) is 9.73 Å². The van der Waals surface area contributed by atoms with E-state index in [-0.39, 0.29) is 6.10 Å². The van der Waals surface area contributed by atoms with Crippen LogP contribution in [0.4, 0.5) is 0 Å². The van der Waals surface area contributed by atoms with Crippen LogP contribution in [0.25, 0.3) is 0 Å². The molecule has 0 bridgehead atoms. The van der Waals surface area contributed by atoms with Crippen LogP contribution >= 0.6 is 11.3 Å². The Kier molecular flexibility index (Phi) is 8.78. The molecule has 29 heavy (non-hydrogen) atoms. The van der Waals surface area contributed by atoms with E-state index < -0.39 is 0 Å². The third-order valence-electron chi connectivity index (χ3n) is 5.95. The second-order valence-corrected chi connectivity index (χ2v) is 9.45. The second-order valence-electron chi connectivity index (χ2n) is 8.48. The van der Waals surface area contributed by atoms with Crippen molar-refractivity contribution in [1.82, 2.24) is 20.4 Å². The summed E-state index contributed by atoms with van der Waals surface area (Å²) in [6.45, 7) is 15.6. The molecule has 0 spiro atoms. The van der Waals surface area contributed by atoms with Crippen molar-refractivity contribution >= 4 is 17.3 Å².